The van der Waals surface area contributed by atoms with E-state index in [9.17, 15) is 0 Å². The maximum atomic E-state index is 5.69. The Morgan fingerprint density at radius 1 is 1.38 bits per heavy atom. The van der Waals surface area contributed by atoms with Crippen molar-refractivity contribution in [2.75, 3.05) is 12.8 Å². The molecule has 0 aliphatic heterocycles. The van der Waals surface area contributed by atoms with E-state index in [4.69, 9.17) is 10.5 Å². The van der Waals surface area contributed by atoms with Crippen molar-refractivity contribution < 1.29 is 4.74 Å². The highest BCUT2D eigenvalue weighted by molar-refractivity contribution is 5.83. The molecule has 1 aromatic heterocycles. The Labute approximate surface area is 76.7 Å². The van der Waals surface area contributed by atoms with Crippen LogP contribution in [0.25, 0.3) is 10.9 Å². The monoisotopic (exact) mass is 176 g/mol. The molecule has 3 nitrogen and oxygen atoms in total. The molecule has 0 bridgehead atoms. The largest absolute Gasteiger partial charge is 0.399 e. The number of rotatable bonds is 2. The summed E-state index contributed by atoms with van der Waals surface area (Å²) < 4.78 is 7.08. The summed E-state index contributed by atoms with van der Waals surface area (Å²) in [6.07, 6.45) is 1.99. The van der Waals surface area contributed by atoms with Gasteiger partial charge < -0.3 is 15.0 Å². The standard InChI is InChI=1S/C10H12N2O/c1-13-7-12-5-4-8-2-3-9(11)6-10(8)12/h2-6H,7,11H2,1H3. The molecule has 2 N–H and O–H groups in total. The molecule has 0 saturated heterocycles. The quantitative estimate of drug-likeness (QED) is 0.709. The lowest BCUT2D eigenvalue weighted by atomic mass is 10.2. The van der Waals surface area contributed by atoms with Crippen LogP contribution in [-0.2, 0) is 11.5 Å². The number of nitrogens with zero attached hydrogens (tertiary/aromatic N) is 1. The minimum atomic E-state index is 0.562. The fraction of sp³-hybridized carbons (Fsp3) is 0.200. The van der Waals surface area contributed by atoms with Crippen molar-refractivity contribution in [2.45, 2.75) is 6.73 Å². The number of nitrogens with two attached hydrogens (primary N) is 1. The van der Waals surface area contributed by atoms with Crippen molar-refractivity contribution in [3.05, 3.63) is 30.5 Å². The van der Waals surface area contributed by atoms with Gasteiger partial charge in [-0.25, -0.2) is 0 Å². The Bertz CT molecular complexity index is 420. The van der Waals surface area contributed by atoms with Gasteiger partial charge in [-0.05, 0) is 23.6 Å². The Hall–Kier alpha value is -1.48. The van der Waals surface area contributed by atoms with E-state index in [-0.39, 0.29) is 0 Å². The van der Waals surface area contributed by atoms with E-state index in [1.54, 1.807) is 7.11 Å². The number of ether oxygens (including phenoxy) is 1. The topological polar surface area (TPSA) is 40.2 Å². The predicted octanol–water partition coefficient (Wildman–Crippen LogP) is 1.83. The first-order valence-electron chi connectivity index (χ1n) is 4.14. The van der Waals surface area contributed by atoms with Gasteiger partial charge in [-0.15, -0.1) is 0 Å². The zero-order valence-electron chi connectivity index (χ0n) is 7.53. The summed E-state index contributed by atoms with van der Waals surface area (Å²) in [7, 11) is 1.68. The molecule has 0 aliphatic rings. The Balaban J connectivity index is 2.58. The van der Waals surface area contributed by atoms with Gasteiger partial charge in [-0.1, -0.05) is 6.07 Å². The number of aromatic nitrogens is 1. The number of hydrogen-bond acceptors (Lipinski definition) is 2. The van der Waals surface area contributed by atoms with Gasteiger partial charge in [0, 0.05) is 19.0 Å². The number of anilines is 1. The summed E-state index contributed by atoms with van der Waals surface area (Å²) >= 11 is 0. The Morgan fingerprint density at radius 2 is 2.23 bits per heavy atom. The van der Waals surface area contributed by atoms with E-state index >= 15 is 0 Å². The first-order valence-corrected chi connectivity index (χ1v) is 4.14. The SMILES string of the molecule is COCn1ccc2ccc(N)cc21. The van der Waals surface area contributed by atoms with Gasteiger partial charge in [0.2, 0.25) is 0 Å². The molecule has 0 saturated carbocycles. The molecule has 3 heteroatoms. The van der Waals surface area contributed by atoms with Gasteiger partial charge in [0.15, 0.2) is 0 Å². The maximum absolute atomic E-state index is 5.69. The molecule has 68 valence electrons. The molecule has 0 unspecified atom stereocenters. The van der Waals surface area contributed by atoms with E-state index < -0.39 is 0 Å². The van der Waals surface area contributed by atoms with Gasteiger partial charge in [0.25, 0.3) is 0 Å². The molecule has 13 heavy (non-hydrogen) atoms. The van der Waals surface area contributed by atoms with Gasteiger partial charge in [0.05, 0.1) is 5.52 Å². The molecule has 2 rings (SSSR count). The average Bonchev–Trinajstić information content (AvgIpc) is 2.49. The summed E-state index contributed by atoms with van der Waals surface area (Å²) in [5, 5.41) is 1.19. The van der Waals surface area contributed by atoms with E-state index in [0.717, 1.165) is 11.2 Å². The molecular weight excluding hydrogens is 164 g/mol. The molecular formula is C10H12N2O. The smallest absolute Gasteiger partial charge is 0.122 e. The van der Waals surface area contributed by atoms with Crippen molar-refractivity contribution in [2.24, 2.45) is 0 Å². The van der Waals surface area contributed by atoms with Crippen LogP contribution in [0.4, 0.5) is 5.69 Å². The van der Waals surface area contributed by atoms with Crippen molar-refractivity contribution in [1.29, 1.82) is 0 Å². The molecule has 2 aromatic rings. The average molecular weight is 176 g/mol. The lowest BCUT2D eigenvalue weighted by molar-refractivity contribution is 0.135. The lowest BCUT2D eigenvalue weighted by Crippen LogP contribution is -1.97. The van der Waals surface area contributed by atoms with Crippen LogP contribution in [0, 0.1) is 0 Å². The molecule has 0 amide bonds. The van der Waals surface area contributed by atoms with Crippen LogP contribution in [0.2, 0.25) is 0 Å². The van der Waals surface area contributed by atoms with Crippen molar-refractivity contribution in [3.63, 3.8) is 0 Å². The molecule has 0 atom stereocenters. The van der Waals surface area contributed by atoms with Crippen LogP contribution in [0.1, 0.15) is 0 Å². The summed E-state index contributed by atoms with van der Waals surface area (Å²) in [4.78, 5) is 0. The molecule has 0 aliphatic carbocycles. The first-order chi connectivity index (χ1) is 6.31. The summed E-state index contributed by atoms with van der Waals surface area (Å²) in [5.74, 6) is 0. The van der Waals surface area contributed by atoms with Crippen LogP contribution >= 0.6 is 0 Å². The fourth-order valence-electron chi connectivity index (χ4n) is 1.45. The number of fused-ring (bicyclic) bond motifs is 1. The minimum Gasteiger partial charge on any atom is -0.399 e. The highest BCUT2D eigenvalue weighted by atomic mass is 16.5. The van der Waals surface area contributed by atoms with Crippen molar-refractivity contribution in [3.8, 4) is 0 Å². The molecule has 0 fully saturated rings. The predicted molar refractivity (Wildman–Crippen MR) is 53.4 cm³/mol. The number of nitrogen functional groups attached to an aromatic ring is 1. The molecule has 0 spiro atoms. The summed E-state index contributed by atoms with van der Waals surface area (Å²) in [6, 6.07) is 7.92. The number of benzene rings is 1. The summed E-state index contributed by atoms with van der Waals surface area (Å²) in [5.41, 5.74) is 7.59. The Morgan fingerprint density at radius 3 is 3.00 bits per heavy atom. The highest BCUT2D eigenvalue weighted by Gasteiger charge is 1.99. The third-order valence-electron chi connectivity index (χ3n) is 2.07. The first kappa shape index (κ1) is 8.13. The third-order valence-corrected chi connectivity index (χ3v) is 2.07. The maximum Gasteiger partial charge on any atom is 0.122 e. The van der Waals surface area contributed by atoms with E-state index in [2.05, 4.69) is 0 Å². The zero-order chi connectivity index (χ0) is 9.26. The summed E-state index contributed by atoms with van der Waals surface area (Å²) in [6.45, 7) is 0.562. The lowest BCUT2D eigenvalue weighted by Gasteiger charge is -2.03. The molecule has 1 heterocycles. The van der Waals surface area contributed by atoms with Gasteiger partial charge >= 0.3 is 0 Å². The number of hydrogen-bond donors (Lipinski definition) is 1. The van der Waals surface area contributed by atoms with E-state index in [1.165, 1.54) is 5.39 Å². The second-order valence-corrected chi connectivity index (χ2v) is 3.02. The van der Waals surface area contributed by atoms with Gasteiger partial charge in [0.1, 0.15) is 6.73 Å². The zero-order valence-corrected chi connectivity index (χ0v) is 7.53. The molecule has 1 aromatic carbocycles. The van der Waals surface area contributed by atoms with Crippen LogP contribution in [0.15, 0.2) is 30.5 Å². The fourth-order valence-corrected chi connectivity index (χ4v) is 1.45. The van der Waals surface area contributed by atoms with Crippen LogP contribution in [0.3, 0.4) is 0 Å². The van der Waals surface area contributed by atoms with Gasteiger partial charge in [-0.3, -0.25) is 0 Å². The molecule has 0 radical (unpaired) electrons. The third kappa shape index (κ3) is 1.38. The Kier molecular flexibility index (Phi) is 1.94. The van der Waals surface area contributed by atoms with Crippen LogP contribution in [0.5, 0.6) is 0 Å². The van der Waals surface area contributed by atoms with Crippen molar-refractivity contribution in [1.82, 2.24) is 4.57 Å². The van der Waals surface area contributed by atoms with Crippen molar-refractivity contribution >= 4 is 16.6 Å². The number of methoxy groups -OCH3 is 1. The second kappa shape index (κ2) is 3.11. The normalized spacial score (nSPS) is 10.8. The van der Waals surface area contributed by atoms with Crippen LogP contribution in [-0.4, -0.2) is 11.7 Å². The second-order valence-electron chi connectivity index (χ2n) is 3.02. The highest BCUT2D eigenvalue weighted by Crippen LogP contribution is 2.18. The van der Waals surface area contributed by atoms with Crippen LogP contribution < -0.4 is 5.73 Å². The van der Waals surface area contributed by atoms with Gasteiger partial charge in [-0.2, -0.15) is 0 Å². The van der Waals surface area contributed by atoms with E-state index in [0.29, 0.717) is 6.73 Å². The minimum absolute atomic E-state index is 0.562. The van der Waals surface area contributed by atoms with E-state index in [1.807, 2.05) is 35.0 Å².